The second-order valence-electron chi connectivity index (χ2n) is 6.18. The molecule has 0 radical (unpaired) electrons. The molecule has 0 spiro atoms. The van der Waals surface area contributed by atoms with Crippen molar-refractivity contribution in [3.63, 3.8) is 0 Å². The van der Waals surface area contributed by atoms with E-state index < -0.39 is 66.5 Å². The lowest BCUT2D eigenvalue weighted by Gasteiger charge is -2.20. The quantitative estimate of drug-likeness (QED) is 0.125. The average Bonchev–Trinajstić information content (AvgIpc) is 2.70. The summed E-state index contributed by atoms with van der Waals surface area (Å²) in [6.45, 7) is 1.04. The molecule has 0 aliphatic heterocycles. The van der Waals surface area contributed by atoms with Crippen LogP contribution in [0.3, 0.4) is 0 Å². The molecular formula is C16H27N7O7S. The highest BCUT2D eigenvalue weighted by Gasteiger charge is 2.23. The molecule has 0 aliphatic rings. The number of amides is 7. The maximum Gasteiger partial charge on any atom is 0.244 e. The van der Waals surface area contributed by atoms with Crippen LogP contribution >= 0.6 is 12.6 Å². The fraction of sp³-hybridized carbons (Fsp3) is 0.562. The van der Waals surface area contributed by atoms with Gasteiger partial charge >= 0.3 is 0 Å². The Morgan fingerprint density at radius 3 is 1.77 bits per heavy atom. The van der Waals surface area contributed by atoms with Crippen molar-refractivity contribution in [2.24, 2.45) is 5.73 Å². The Morgan fingerprint density at radius 1 is 0.742 bits per heavy atom. The summed E-state index contributed by atoms with van der Waals surface area (Å²) in [7, 11) is 0. The van der Waals surface area contributed by atoms with Gasteiger partial charge in [0, 0.05) is 12.7 Å². The van der Waals surface area contributed by atoms with Gasteiger partial charge in [0.2, 0.25) is 41.4 Å². The van der Waals surface area contributed by atoms with Crippen LogP contribution in [0.4, 0.5) is 0 Å². The van der Waals surface area contributed by atoms with E-state index in [1.807, 2.05) is 0 Å². The van der Waals surface area contributed by atoms with E-state index in [1.54, 1.807) is 0 Å². The Morgan fingerprint density at radius 2 is 1.26 bits per heavy atom. The number of hydrogen-bond donors (Lipinski definition) is 8. The smallest absolute Gasteiger partial charge is 0.244 e. The van der Waals surface area contributed by atoms with Crippen molar-refractivity contribution in [1.29, 1.82) is 0 Å². The molecule has 0 heterocycles. The second-order valence-corrected chi connectivity index (χ2v) is 6.55. The van der Waals surface area contributed by atoms with Crippen molar-refractivity contribution in [2.45, 2.75) is 25.9 Å². The molecule has 0 rings (SSSR count). The molecule has 0 unspecified atom stereocenters. The molecule has 31 heavy (non-hydrogen) atoms. The van der Waals surface area contributed by atoms with Gasteiger partial charge in [-0.25, -0.2) is 0 Å². The van der Waals surface area contributed by atoms with Crippen LogP contribution in [0, 0.1) is 0 Å². The first-order chi connectivity index (χ1) is 14.5. The molecule has 0 aromatic rings. The highest BCUT2D eigenvalue weighted by molar-refractivity contribution is 7.80. The highest BCUT2D eigenvalue weighted by Crippen LogP contribution is 1.92. The van der Waals surface area contributed by atoms with Gasteiger partial charge in [-0.15, -0.1) is 0 Å². The second kappa shape index (κ2) is 14.6. The normalized spacial score (nSPS) is 11.8. The Balaban J connectivity index is 4.41. The van der Waals surface area contributed by atoms with Crippen LogP contribution < -0.4 is 37.6 Å². The molecule has 8 N–H and O–H groups in total. The number of carbonyl (C=O) groups is 7. The summed E-state index contributed by atoms with van der Waals surface area (Å²) in [6, 6.07) is -2.15. The number of nitrogens with two attached hydrogens (primary N) is 1. The van der Waals surface area contributed by atoms with Crippen LogP contribution in [0.2, 0.25) is 0 Å². The van der Waals surface area contributed by atoms with E-state index in [0.717, 1.165) is 0 Å². The van der Waals surface area contributed by atoms with Crippen LogP contribution in [0.1, 0.15) is 13.8 Å². The number of thiol groups is 1. The molecular weight excluding hydrogens is 434 g/mol. The van der Waals surface area contributed by atoms with E-state index in [1.165, 1.54) is 13.8 Å². The maximum absolute atomic E-state index is 12.2. The van der Waals surface area contributed by atoms with Gasteiger partial charge in [0.05, 0.1) is 26.2 Å². The third-order valence-electron chi connectivity index (χ3n) is 3.41. The van der Waals surface area contributed by atoms with Crippen LogP contribution in [0.25, 0.3) is 0 Å². The number of rotatable bonds is 13. The maximum atomic E-state index is 12.2. The van der Waals surface area contributed by atoms with Gasteiger partial charge in [0.15, 0.2) is 0 Å². The molecule has 0 aliphatic carbocycles. The fourth-order valence-corrected chi connectivity index (χ4v) is 2.09. The van der Waals surface area contributed by atoms with Crippen LogP contribution in [0.15, 0.2) is 0 Å². The van der Waals surface area contributed by atoms with E-state index in [2.05, 4.69) is 44.5 Å². The van der Waals surface area contributed by atoms with Crippen LogP contribution in [0.5, 0.6) is 0 Å². The summed E-state index contributed by atoms with van der Waals surface area (Å²) in [5.74, 6) is -4.57. The molecule has 2 atom stereocenters. The number of carbonyl (C=O) groups excluding carboxylic acids is 7. The molecule has 0 fully saturated rings. The van der Waals surface area contributed by atoms with Crippen molar-refractivity contribution >= 4 is 54.0 Å². The molecule has 0 aromatic heterocycles. The molecule has 7 amide bonds. The standard InChI is InChI=1S/C16H27N7O7S/c1-8(15(29)21-5-13(27)19-3-11(17)25)22-16(30)10(7-31)23-14(28)6-20-12(26)4-18-9(2)24/h8,10,31H,3-7H2,1-2H3,(H2,17,25)(H,18,24)(H,19,27)(H,20,26)(H,21,29)(H,22,30)(H,23,28)/t8-,10-/m0/s1. The van der Waals surface area contributed by atoms with E-state index in [9.17, 15) is 33.6 Å². The molecule has 15 heteroatoms. The molecule has 0 saturated heterocycles. The van der Waals surface area contributed by atoms with Crippen LogP contribution in [-0.2, 0) is 33.6 Å². The fourth-order valence-electron chi connectivity index (χ4n) is 1.83. The average molecular weight is 462 g/mol. The van der Waals surface area contributed by atoms with E-state index >= 15 is 0 Å². The lowest BCUT2D eigenvalue weighted by atomic mass is 10.2. The minimum absolute atomic E-state index is 0.0960. The van der Waals surface area contributed by atoms with E-state index in [0.29, 0.717) is 0 Å². The molecule has 174 valence electrons. The molecule has 14 nitrogen and oxygen atoms in total. The predicted octanol–water partition coefficient (Wildman–Crippen LogP) is -5.12. The topological polar surface area (TPSA) is 218 Å². The van der Waals surface area contributed by atoms with Crippen molar-refractivity contribution in [1.82, 2.24) is 31.9 Å². The summed E-state index contributed by atoms with van der Waals surface area (Å²) in [6.07, 6.45) is 0. The van der Waals surface area contributed by atoms with Gasteiger partial charge in [-0.1, -0.05) is 0 Å². The largest absolute Gasteiger partial charge is 0.368 e. The minimum atomic E-state index is -1.10. The zero-order valence-corrected chi connectivity index (χ0v) is 18.0. The monoisotopic (exact) mass is 461 g/mol. The highest BCUT2D eigenvalue weighted by atomic mass is 32.1. The van der Waals surface area contributed by atoms with Crippen molar-refractivity contribution in [3.05, 3.63) is 0 Å². The van der Waals surface area contributed by atoms with Gasteiger partial charge in [-0.3, -0.25) is 33.6 Å². The van der Waals surface area contributed by atoms with E-state index in [-0.39, 0.29) is 18.8 Å². The molecule has 0 bridgehead atoms. The van der Waals surface area contributed by atoms with Gasteiger partial charge in [-0.05, 0) is 6.92 Å². The van der Waals surface area contributed by atoms with Gasteiger partial charge in [-0.2, -0.15) is 12.6 Å². The molecule has 0 saturated carbocycles. The Hall–Kier alpha value is -3.36. The van der Waals surface area contributed by atoms with Gasteiger partial charge < -0.3 is 37.6 Å². The summed E-state index contributed by atoms with van der Waals surface area (Å²) in [4.78, 5) is 80.2. The van der Waals surface area contributed by atoms with Crippen molar-refractivity contribution < 1.29 is 33.6 Å². The Labute approximate surface area is 183 Å². The lowest BCUT2D eigenvalue weighted by Crippen LogP contribution is -2.55. The first-order valence-electron chi connectivity index (χ1n) is 9.00. The van der Waals surface area contributed by atoms with Crippen molar-refractivity contribution in [2.75, 3.05) is 31.9 Å². The summed E-state index contributed by atoms with van der Waals surface area (Å²) in [5, 5.41) is 13.6. The van der Waals surface area contributed by atoms with Crippen LogP contribution in [-0.4, -0.2) is 85.4 Å². The lowest BCUT2D eigenvalue weighted by molar-refractivity contribution is -0.132. The van der Waals surface area contributed by atoms with Crippen molar-refractivity contribution in [3.8, 4) is 0 Å². The zero-order valence-electron chi connectivity index (χ0n) is 17.1. The first-order valence-corrected chi connectivity index (χ1v) is 9.63. The first kappa shape index (κ1) is 27.6. The summed E-state index contributed by atoms with van der Waals surface area (Å²) >= 11 is 3.97. The number of primary amides is 1. The Kier molecular flexibility index (Phi) is 13.0. The van der Waals surface area contributed by atoms with Gasteiger partial charge in [0.1, 0.15) is 12.1 Å². The summed E-state index contributed by atoms with van der Waals surface area (Å²) in [5.41, 5.74) is 4.87. The Bertz CT molecular complexity index is 716. The number of hydrogen-bond acceptors (Lipinski definition) is 8. The predicted molar refractivity (Wildman–Crippen MR) is 110 cm³/mol. The van der Waals surface area contributed by atoms with Gasteiger partial charge in [0.25, 0.3) is 0 Å². The zero-order chi connectivity index (χ0) is 24.0. The third kappa shape index (κ3) is 13.5. The SMILES string of the molecule is CC(=O)NCC(=O)NCC(=O)N[C@@H](CS)C(=O)N[C@@H](C)C(=O)NCC(=O)NCC(N)=O. The summed E-state index contributed by atoms with van der Waals surface area (Å²) < 4.78 is 0. The number of nitrogens with one attached hydrogen (secondary N) is 6. The minimum Gasteiger partial charge on any atom is -0.368 e. The third-order valence-corrected chi connectivity index (χ3v) is 3.78. The van der Waals surface area contributed by atoms with E-state index in [4.69, 9.17) is 5.73 Å². The molecule has 0 aromatic carbocycles.